The fourth-order valence-electron chi connectivity index (χ4n) is 5.47. The lowest BCUT2D eigenvalue weighted by Gasteiger charge is -2.17. The number of rotatable bonds is 8. The first kappa shape index (κ1) is 21.9. The van der Waals surface area contributed by atoms with Gasteiger partial charge in [-0.1, -0.05) is 39.0 Å². The number of ether oxygens (including phenoxy) is 1. The van der Waals surface area contributed by atoms with E-state index in [2.05, 4.69) is 13.0 Å². The molecule has 172 valence electrons. The number of aromatic hydroxyl groups is 1. The summed E-state index contributed by atoms with van der Waals surface area (Å²) in [7, 11) is 0. The van der Waals surface area contributed by atoms with Crippen molar-refractivity contribution in [2.24, 2.45) is 5.92 Å². The predicted octanol–water partition coefficient (Wildman–Crippen LogP) is 5.96. The Balaban J connectivity index is 1.60. The van der Waals surface area contributed by atoms with Gasteiger partial charge in [0.15, 0.2) is 0 Å². The van der Waals surface area contributed by atoms with Crippen LogP contribution in [0.4, 0.5) is 0 Å². The molecule has 1 aliphatic heterocycles. The molecule has 0 spiro atoms. The van der Waals surface area contributed by atoms with Crippen LogP contribution in [0.3, 0.4) is 0 Å². The van der Waals surface area contributed by atoms with E-state index >= 15 is 0 Å². The molecule has 2 fully saturated rings. The predicted molar refractivity (Wildman–Crippen MR) is 131 cm³/mol. The van der Waals surface area contributed by atoms with Crippen LogP contribution in [0, 0.1) is 5.92 Å². The molecule has 1 atom stereocenters. The summed E-state index contributed by atoms with van der Waals surface area (Å²) in [5.74, 6) is 1.92. The Morgan fingerprint density at radius 3 is 2.78 bits per heavy atom. The van der Waals surface area contributed by atoms with Gasteiger partial charge in [0.25, 0.3) is 5.56 Å². The Labute approximate surface area is 193 Å². The summed E-state index contributed by atoms with van der Waals surface area (Å²) in [6, 6.07) is 3.96. The van der Waals surface area contributed by atoms with Crippen molar-refractivity contribution in [3.8, 4) is 5.75 Å². The Bertz CT molecular complexity index is 1150. The van der Waals surface area contributed by atoms with Crippen molar-refractivity contribution in [2.75, 3.05) is 6.61 Å². The van der Waals surface area contributed by atoms with E-state index in [0.717, 1.165) is 83.8 Å². The molecule has 1 saturated carbocycles. The van der Waals surface area contributed by atoms with Crippen molar-refractivity contribution in [2.45, 2.75) is 90.2 Å². The SMILES string of the molecule is CCCCc1cc(O)c2sc3nc(CCC4CCCC4)n(CC4CCCO4)c(=O)c3c2c1. The first-order valence-corrected chi connectivity index (χ1v) is 13.2. The lowest BCUT2D eigenvalue weighted by molar-refractivity contribution is 0.0951. The van der Waals surface area contributed by atoms with Gasteiger partial charge in [0.1, 0.15) is 16.4 Å². The van der Waals surface area contributed by atoms with Gasteiger partial charge in [0, 0.05) is 18.4 Å². The molecule has 5 nitrogen and oxygen atoms in total. The van der Waals surface area contributed by atoms with Gasteiger partial charge in [-0.2, -0.15) is 0 Å². The molecule has 1 unspecified atom stereocenters. The molecule has 3 aromatic rings. The van der Waals surface area contributed by atoms with Crippen LogP contribution in [-0.4, -0.2) is 27.4 Å². The minimum atomic E-state index is 0.0326. The van der Waals surface area contributed by atoms with Crippen molar-refractivity contribution >= 4 is 31.6 Å². The van der Waals surface area contributed by atoms with Crippen molar-refractivity contribution in [3.05, 3.63) is 33.9 Å². The van der Waals surface area contributed by atoms with Gasteiger partial charge < -0.3 is 9.84 Å². The van der Waals surface area contributed by atoms with Gasteiger partial charge in [-0.15, -0.1) is 11.3 Å². The maximum atomic E-state index is 13.8. The molecule has 6 heteroatoms. The highest BCUT2D eigenvalue weighted by Gasteiger charge is 2.24. The van der Waals surface area contributed by atoms with Crippen LogP contribution in [-0.2, 0) is 24.1 Å². The third kappa shape index (κ3) is 4.32. The van der Waals surface area contributed by atoms with E-state index in [0.29, 0.717) is 11.9 Å². The van der Waals surface area contributed by atoms with Gasteiger partial charge >= 0.3 is 0 Å². The van der Waals surface area contributed by atoms with Gasteiger partial charge in [-0.05, 0) is 55.7 Å². The number of nitrogens with zero attached hydrogens (tertiary/aromatic N) is 2. The largest absolute Gasteiger partial charge is 0.506 e. The number of hydrogen-bond acceptors (Lipinski definition) is 5. The molecule has 0 radical (unpaired) electrons. The fraction of sp³-hybridized carbons (Fsp3) is 0.615. The molecule has 5 rings (SSSR count). The van der Waals surface area contributed by atoms with E-state index in [4.69, 9.17) is 9.72 Å². The molecule has 1 saturated heterocycles. The Hall–Kier alpha value is -1.92. The van der Waals surface area contributed by atoms with E-state index in [1.807, 2.05) is 10.6 Å². The second-order valence-corrected chi connectivity index (χ2v) is 10.6. The van der Waals surface area contributed by atoms with Crippen molar-refractivity contribution in [3.63, 3.8) is 0 Å². The average molecular weight is 455 g/mol. The first-order valence-electron chi connectivity index (χ1n) is 12.4. The highest BCUT2D eigenvalue weighted by Crippen LogP contribution is 2.38. The summed E-state index contributed by atoms with van der Waals surface area (Å²) in [6.45, 7) is 3.53. The lowest BCUT2D eigenvalue weighted by Crippen LogP contribution is -2.30. The van der Waals surface area contributed by atoms with Crippen molar-refractivity contribution in [1.29, 1.82) is 0 Å². The zero-order chi connectivity index (χ0) is 22.1. The molecule has 1 aromatic carbocycles. The molecule has 1 aliphatic carbocycles. The second kappa shape index (κ2) is 9.52. The molecular weight excluding hydrogens is 420 g/mol. The number of fused-ring (bicyclic) bond motifs is 3. The third-order valence-corrected chi connectivity index (χ3v) is 8.41. The number of benzene rings is 1. The molecule has 2 aromatic heterocycles. The van der Waals surface area contributed by atoms with Gasteiger partial charge in [-0.25, -0.2) is 4.98 Å². The van der Waals surface area contributed by atoms with Gasteiger partial charge in [0.05, 0.1) is 22.7 Å². The Morgan fingerprint density at radius 1 is 1.19 bits per heavy atom. The summed E-state index contributed by atoms with van der Waals surface area (Å²) in [4.78, 5) is 19.6. The van der Waals surface area contributed by atoms with Crippen LogP contribution in [0.2, 0.25) is 0 Å². The summed E-state index contributed by atoms with van der Waals surface area (Å²) < 4.78 is 8.56. The topological polar surface area (TPSA) is 64.3 Å². The van der Waals surface area contributed by atoms with E-state index in [1.54, 1.807) is 0 Å². The monoisotopic (exact) mass is 454 g/mol. The third-order valence-electron chi connectivity index (χ3n) is 7.29. The highest BCUT2D eigenvalue weighted by molar-refractivity contribution is 7.25. The quantitative estimate of drug-likeness (QED) is 0.456. The normalized spacial score (nSPS) is 19.6. The molecular formula is C26H34N2O3S. The number of aryl methyl sites for hydroxylation is 2. The number of phenols is 1. The maximum Gasteiger partial charge on any atom is 0.262 e. The van der Waals surface area contributed by atoms with Crippen molar-refractivity contribution < 1.29 is 9.84 Å². The fourth-order valence-corrected chi connectivity index (χ4v) is 6.55. The van der Waals surface area contributed by atoms with E-state index in [1.165, 1.54) is 37.0 Å². The zero-order valence-corrected chi connectivity index (χ0v) is 19.9. The number of aromatic nitrogens is 2. The number of unbranched alkanes of at least 4 members (excludes halogenated alkanes) is 1. The smallest absolute Gasteiger partial charge is 0.262 e. The number of thiophene rings is 1. The molecule has 32 heavy (non-hydrogen) atoms. The summed E-state index contributed by atoms with van der Waals surface area (Å²) in [5.41, 5.74) is 1.12. The summed E-state index contributed by atoms with van der Waals surface area (Å²) in [5, 5.41) is 12.2. The Kier molecular flexibility index (Phi) is 6.51. The van der Waals surface area contributed by atoms with E-state index in [-0.39, 0.29) is 17.4 Å². The van der Waals surface area contributed by atoms with Crippen LogP contribution in [0.5, 0.6) is 5.75 Å². The molecule has 1 N–H and O–H groups in total. The lowest BCUT2D eigenvalue weighted by atomic mass is 10.0. The van der Waals surface area contributed by atoms with Gasteiger partial charge in [-0.3, -0.25) is 9.36 Å². The van der Waals surface area contributed by atoms with E-state index in [9.17, 15) is 9.90 Å². The second-order valence-electron chi connectivity index (χ2n) is 9.65. The van der Waals surface area contributed by atoms with Crippen molar-refractivity contribution in [1.82, 2.24) is 9.55 Å². The van der Waals surface area contributed by atoms with Crippen LogP contribution < -0.4 is 5.56 Å². The number of phenolic OH excluding ortho intramolecular Hbond substituents is 1. The molecule has 0 amide bonds. The molecule has 0 bridgehead atoms. The highest BCUT2D eigenvalue weighted by atomic mass is 32.1. The van der Waals surface area contributed by atoms with Crippen LogP contribution >= 0.6 is 11.3 Å². The van der Waals surface area contributed by atoms with Crippen LogP contribution in [0.15, 0.2) is 16.9 Å². The van der Waals surface area contributed by atoms with Gasteiger partial charge in [0.2, 0.25) is 0 Å². The minimum Gasteiger partial charge on any atom is -0.506 e. The average Bonchev–Trinajstić information content (AvgIpc) is 3.54. The summed E-state index contributed by atoms with van der Waals surface area (Å²) in [6.07, 6.45) is 12.4. The standard InChI is InChI=1S/C26H34N2O3S/c1-2-3-7-18-14-20-23-25(32-24(20)21(29)15-18)27-22(12-11-17-8-4-5-9-17)28(26(23)30)16-19-10-6-13-31-19/h14-15,17,19,29H,2-13,16H2,1H3. The molecule has 2 aliphatic rings. The van der Waals surface area contributed by atoms with E-state index < -0.39 is 0 Å². The van der Waals surface area contributed by atoms with Crippen LogP contribution in [0.1, 0.15) is 76.1 Å². The zero-order valence-electron chi connectivity index (χ0n) is 19.1. The summed E-state index contributed by atoms with van der Waals surface area (Å²) >= 11 is 1.45. The maximum absolute atomic E-state index is 13.8. The Morgan fingerprint density at radius 2 is 2.03 bits per heavy atom. The first-order chi connectivity index (χ1) is 15.6. The number of hydrogen-bond donors (Lipinski definition) is 1. The van der Waals surface area contributed by atoms with Crippen LogP contribution in [0.25, 0.3) is 20.3 Å². The minimum absolute atomic E-state index is 0.0326. The molecule has 3 heterocycles.